The maximum atomic E-state index is 13.3. The molecule has 200 valence electrons. The van der Waals surface area contributed by atoms with E-state index < -0.39 is 17.6 Å². The largest absolute Gasteiger partial charge is 0.459 e. The molecule has 0 N–H and O–H groups in total. The lowest BCUT2D eigenvalue weighted by atomic mass is 9.96. The second-order valence-corrected chi connectivity index (χ2v) is 10.1. The van der Waals surface area contributed by atoms with Gasteiger partial charge in [0.25, 0.3) is 17.7 Å². The van der Waals surface area contributed by atoms with Crippen molar-refractivity contribution in [3.8, 4) is 0 Å². The summed E-state index contributed by atoms with van der Waals surface area (Å²) >= 11 is 1.38. The Bertz CT molecular complexity index is 1310. The van der Waals surface area contributed by atoms with Crippen LogP contribution in [0.3, 0.4) is 0 Å². The van der Waals surface area contributed by atoms with Crippen molar-refractivity contribution < 1.29 is 32.0 Å². The number of carbonyl (C=O) groups excluding carboxylic acids is 3. The van der Waals surface area contributed by atoms with E-state index in [9.17, 15) is 27.6 Å². The van der Waals surface area contributed by atoms with E-state index in [1.165, 1.54) is 40.7 Å². The van der Waals surface area contributed by atoms with Gasteiger partial charge in [-0.3, -0.25) is 14.4 Å². The van der Waals surface area contributed by atoms with Gasteiger partial charge in [-0.15, -0.1) is 11.3 Å². The van der Waals surface area contributed by atoms with Gasteiger partial charge in [0.1, 0.15) is 5.69 Å². The first-order chi connectivity index (χ1) is 18.2. The smallest absolute Gasteiger partial charge is 0.417 e. The zero-order valence-corrected chi connectivity index (χ0v) is 21.1. The van der Waals surface area contributed by atoms with Crippen LogP contribution in [-0.2, 0) is 6.18 Å². The number of hydrogen-bond donors (Lipinski definition) is 0. The fourth-order valence-electron chi connectivity index (χ4n) is 4.82. The summed E-state index contributed by atoms with van der Waals surface area (Å²) in [7, 11) is 0. The Hall–Kier alpha value is -3.67. The van der Waals surface area contributed by atoms with Crippen LogP contribution in [0.4, 0.5) is 13.2 Å². The second-order valence-electron chi connectivity index (χ2n) is 9.24. The van der Waals surface area contributed by atoms with E-state index in [0.717, 1.165) is 11.1 Å². The predicted molar refractivity (Wildman–Crippen MR) is 132 cm³/mol. The molecule has 0 unspecified atom stereocenters. The molecule has 2 fully saturated rings. The average molecular weight is 547 g/mol. The number of piperidine rings is 1. The fourth-order valence-corrected chi connectivity index (χ4v) is 5.79. The van der Waals surface area contributed by atoms with Crippen LogP contribution in [0.15, 0.2) is 52.5 Å². The van der Waals surface area contributed by atoms with Crippen molar-refractivity contribution in [3.63, 3.8) is 0 Å². The minimum absolute atomic E-state index is 0.0197. The summed E-state index contributed by atoms with van der Waals surface area (Å²) < 4.78 is 45.2. The molecule has 5 rings (SSSR count). The number of hydrogen-bond acceptors (Lipinski definition) is 6. The summed E-state index contributed by atoms with van der Waals surface area (Å²) in [5.74, 6) is -0.743. The van der Waals surface area contributed by atoms with E-state index in [4.69, 9.17) is 4.42 Å². The molecular weight excluding hydrogens is 521 g/mol. The third kappa shape index (κ3) is 5.31. The van der Waals surface area contributed by atoms with Gasteiger partial charge in [0.05, 0.1) is 22.4 Å². The topological polar surface area (TPSA) is 87.0 Å². The molecule has 0 radical (unpaired) electrons. The summed E-state index contributed by atoms with van der Waals surface area (Å²) in [5, 5.41) is 2.50. The highest BCUT2D eigenvalue weighted by atomic mass is 32.1. The van der Waals surface area contributed by atoms with E-state index in [1.807, 2.05) is 0 Å². The van der Waals surface area contributed by atoms with Crippen LogP contribution < -0.4 is 0 Å². The lowest BCUT2D eigenvalue weighted by Crippen LogP contribution is -2.50. The molecule has 2 aliphatic rings. The van der Waals surface area contributed by atoms with Gasteiger partial charge in [-0.05, 0) is 37.1 Å². The first-order valence-corrected chi connectivity index (χ1v) is 13.1. The van der Waals surface area contributed by atoms with Gasteiger partial charge in [0.2, 0.25) is 0 Å². The van der Waals surface area contributed by atoms with Gasteiger partial charge in [-0.2, -0.15) is 13.2 Å². The number of carbonyl (C=O) groups is 3. The summed E-state index contributed by atoms with van der Waals surface area (Å²) in [6.07, 6.45) is -2.05. The molecule has 3 aromatic rings. The van der Waals surface area contributed by atoms with E-state index in [2.05, 4.69) is 4.98 Å². The summed E-state index contributed by atoms with van der Waals surface area (Å²) in [5.41, 5.74) is -0.929. The number of likely N-dealkylation sites (tertiary alicyclic amines) is 1. The van der Waals surface area contributed by atoms with Crippen LogP contribution in [0.5, 0.6) is 0 Å². The van der Waals surface area contributed by atoms with Crippen LogP contribution in [-0.4, -0.2) is 76.7 Å². The Labute approximate surface area is 220 Å². The Kier molecular flexibility index (Phi) is 7.24. The van der Waals surface area contributed by atoms with Crippen molar-refractivity contribution in [1.29, 1.82) is 0 Å². The molecule has 0 saturated carbocycles. The van der Waals surface area contributed by atoms with Crippen molar-refractivity contribution in [2.24, 2.45) is 0 Å². The van der Waals surface area contributed by atoms with Gasteiger partial charge in [-0.25, -0.2) is 4.98 Å². The quantitative estimate of drug-likeness (QED) is 0.485. The highest BCUT2D eigenvalue weighted by Gasteiger charge is 2.37. The highest BCUT2D eigenvalue weighted by Crippen LogP contribution is 2.34. The van der Waals surface area contributed by atoms with E-state index >= 15 is 0 Å². The number of nitrogens with zero attached hydrogens (tertiary/aromatic N) is 4. The molecule has 2 saturated heterocycles. The maximum Gasteiger partial charge on any atom is 0.417 e. The molecule has 1 aromatic carbocycles. The number of furan rings is 1. The van der Waals surface area contributed by atoms with E-state index in [-0.39, 0.29) is 29.1 Å². The number of rotatable bonds is 4. The number of amides is 3. The van der Waals surface area contributed by atoms with Crippen molar-refractivity contribution in [3.05, 3.63) is 75.6 Å². The number of benzene rings is 1. The lowest BCUT2D eigenvalue weighted by Gasteiger charge is -2.34. The molecule has 3 amide bonds. The van der Waals surface area contributed by atoms with Gasteiger partial charge >= 0.3 is 6.18 Å². The molecule has 0 spiro atoms. The van der Waals surface area contributed by atoms with Crippen LogP contribution in [0.25, 0.3) is 0 Å². The van der Waals surface area contributed by atoms with Gasteiger partial charge < -0.3 is 19.1 Å². The highest BCUT2D eigenvalue weighted by molar-refractivity contribution is 7.09. The normalized spacial score (nSPS) is 17.1. The molecular formula is C26H25F3N4O4S. The van der Waals surface area contributed by atoms with E-state index in [0.29, 0.717) is 57.8 Å². The third-order valence-corrected chi connectivity index (χ3v) is 7.93. The Morgan fingerprint density at radius 3 is 2.11 bits per heavy atom. The number of halogens is 3. The fraction of sp³-hybridized carbons (Fsp3) is 0.385. The number of thiazole rings is 1. The van der Waals surface area contributed by atoms with Crippen LogP contribution in [0.1, 0.15) is 60.7 Å². The summed E-state index contributed by atoms with van der Waals surface area (Å²) in [6, 6.07) is 8.10. The number of alkyl halides is 3. The first kappa shape index (κ1) is 26.0. The van der Waals surface area contributed by atoms with Crippen molar-refractivity contribution >= 4 is 29.1 Å². The first-order valence-electron chi connectivity index (χ1n) is 12.3. The van der Waals surface area contributed by atoms with Gasteiger partial charge in [0, 0.05) is 50.6 Å². The van der Waals surface area contributed by atoms with Crippen LogP contribution in [0, 0.1) is 0 Å². The molecule has 0 bridgehead atoms. The molecule has 8 nitrogen and oxygen atoms in total. The number of piperazine rings is 1. The van der Waals surface area contributed by atoms with Gasteiger partial charge in [0.15, 0.2) is 5.76 Å². The second kappa shape index (κ2) is 10.6. The molecule has 0 aliphatic carbocycles. The Morgan fingerprint density at radius 2 is 1.47 bits per heavy atom. The minimum Gasteiger partial charge on any atom is -0.459 e. The number of aromatic nitrogens is 1. The zero-order valence-electron chi connectivity index (χ0n) is 20.3. The predicted octanol–water partition coefficient (Wildman–Crippen LogP) is 4.37. The summed E-state index contributed by atoms with van der Waals surface area (Å²) in [6.45, 7) is 2.18. The van der Waals surface area contributed by atoms with Crippen molar-refractivity contribution in [1.82, 2.24) is 19.7 Å². The molecule has 2 aliphatic heterocycles. The molecule has 38 heavy (non-hydrogen) atoms. The molecule has 0 atom stereocenters. The SMILES string of the molecule is O=C(c1csc(C2CCN(C(=O)c3ccccc3C(F)(F)F)CC2)n1)N1CCN(C(=O)c2ccco2)CC1. The van der Waals surface area contributed by atoms with Gasteiger partial charge in [-0.1, -0.05) is 12.1 Å². The molecule has 2 aromatic heterocycles. The monoisotopic (exact) mass is 546 g/mol. The molecule has 12 heteroatoms. The zero-order chi connectivity index (χ0) is 26.9. The molecule has 4 heterocycles. The van der Waals surface area contributed by atoms with E-state index in [1.54, 1.807) is 27.3 Å². The Balaban J connectivity index is 1.16. The summed E-state index contributed by atoms with van der Waals surface area (Å²) in [4.78, 5) is 47.6. The third-order valence-electron chi connectivity index (χ3n) is 6.92. The van der Waals surface area contributed by atoms with Crippen LogP contribution in [0.2, 0.25) is 0 Å². The Morgan fingerprint density at radius 1 is 0.842 bits per heavy atom. The standard InChI is InChI=1S/C26H25F3N4O4S/c27-26(28,29)19-5-2-1-4-18(19)23(34)31-9-7-17(8-10-31)22-30-20(16-38-22)24(35)32-11-13-33(14-12-32)25(36)21-6-3-15-37-21/h1-6,15-17H,7-14H2. The minimum atomic E-state index is -4.60. The van der Waals surface area contributed by atoms with Crippen molar-refractivity contribution in [2.45, 2.75) is 24.9 Å². The average Bonchev–Trinajstić information content (AvgIpc) is 3.65. The lowest BCUT2D eigenvalue weighted by molar-refractivity contribution is -0.138. The maximum absolute atomic E-state index is 13.3. The van der Waals surface area contributed by atoms with Crippen molar-refractivity contribution in [2.75, 3.05) is 39.3 Å². The van der Waals surface area contributed by atoms with Crippen LogP contribution >= 0.6 is 11.3 Å².